The number of terminal acetylenes is 1. The molecule has 0 aliphatic carbocycles. The molecule has 5 heteroatoms. The van der Waals surface area contributed by atoms with Crippen LogP contribution in [0.3, 0.4) is 0 Å². The number of halogens is 1. The fourth-order valence-corrected chi connectivity index (χ4v) is 0.924. The Morgan fingerprint density at radius 3 is 3.08 bits per heavy atom. The number of nitrogens with one attached hydrogen (secondary N) is 1. The van der Waals surface area contributed by atoms with Crippen LogP contribution < -0.4 is 11.1 Å². The predicted molar refractivity (Wildman–Crippen MR) is 53.4 cm³/mol. The van der Waals surface area contributed by atoms with Crippen LogP contribution >= 0.6 is 11.6 Å². The third-order valence-electron chi connectivity index (χ3n) is 1.38. The lowest BCUT2D eigenvalue weighted by molar-refractivity contribution is 1.06. The Bertz CT molecular complexity index is 331. The van der Waals surface area contributed by atoms with Crippen molar-refractivity contribution in [2.75, 3.05) is 17.6 Å². The first kappa shape index (κ1) is 9.62. The maximum absolute atomic E-state index is 5.81. The van der Waals surface area contributed by atoms with E-state index in [0.717, 1.165) is 0 Å². The molecule has 0 aliphatic rings. The zero-order chi connectivity index (χ0) is 9.68. The smallest absolute Gasteiger partial charge is 0.150 e. The molecule has 68 valence electrons. The van der Waals surface area contributed by atoms with Gasteiger partial charge in [-0.3, -0.25) is 0 Å². The normalized spacial score (nSPS) is 9.23. The molecular formula is C8H9ClN4. The average Bonchev–Trinajstić information content (AvgIpc) is 2.13. The van der Waals surface area contributed by atoms with Gasteiger partial charge in [0.1, 0.15) is 23.0 Å². The van der Waals surface area contributed by atoms with Crippen LogP contribution in [0.1, 0.15) is 6.42 Å². The summed E-state index contributed by atoms with van der Waals surface area (Å²) < 4.78 is 0. The maximum atomic E-state index is 5.81. The van der Waals surface area contributed by atoms with E-state index in [2.05, 4.69) is 21.2 Å². The predicted octanol–water partition coefficient (Wildman–Crippen LogP) is 1.15. The number of hydrogen-bond acceptors (Lipinski definition) is 4. The highest BCUT2D eigenvalue weighted by Crippen LogP contribution is 2.22. The molecule has 0 saturated heterocycles. The fourth-order valence-electron chi connectivity index (χ4n) is 0.760. The molecule has 0 spiro atoms. The summed E-state index contributed by atoms with van der Waals surface area (Å²) in [6, 6.07) is 0. The lowest BCUT2D eigenvalue weighted by Crippen LogP contribution is -2.05. The Balaban J connectivity index is 2.67. The van der Waals surface area contributed by atoms with Gasteiger partial charge in [-0.2, -0.15) is 0 Å². The van der Waals surface area contributed by atoms with Gasteiger partial charge in [-0.1, -0.05) is 11.6 Å². The van der Waals surface area contributed by atoms with E-state index in [1.54, 1.807) is 0 Å². The number of nitrogens with two attached hydrogens (primary N) is 1. The van der Waals surface area contributed by atoms with Crippen LogP contribution in [-0.4, -0.2) is 16.5 Å². The molecule has 0 atom stereocenters. The molecule has 4 nitrogen and oxygen atoms in total. The molecule has 1 heterocycles. The maximum Gasteiger partial charge on any atom is 0.150 e. The summed E-state index contributed by atoms with van der Waals surface area (Å²) in [7, 11) is 0. The summed E-state index contributed by atoms with van der Waals surface area (Å²) in [5, 5.41) is 3.28. The topological polar surface area (TPSA) is 63.8 Å². The van der Waals surface area contributed by atoms with E-state index < -0.39 is 0 Å². The van der Waals surface area contributed by atoms with Crippen molar-refractivity contribution in [3.05, 3.63) is 11.3 Å². The van der Waals surface area contributed by atoms with Gasteiger partial charge in [0.05, 0.1) is 0 Å². The van der Waals surface area contributed by atoms with Gasteiger partial charge >= 0.3 is 0 Å². The Labute approximate surface area is 81.5 Å². The molecule has 1 aromatic rings. The van der Waals surface area contributed by atoms with E-state index in [4.69, 9.17) is 23.8 Å². The van der Waals surface area contributed by atoms with Crippen molar-refractivity contribution in [2.45, 2.75) is 6.42 Å². The van der Waals surface area contributed by atoms with E-state index in [1.807, 2.05) is 0 Å². The number of nitrogen functional groups attached to an aromatic ring is 1. The first-order valence-electron chi connectivity index (χ1n) is 3.69. The lowest BCUT2D eigenvalue weighted by Gasteiger charge is -2.05. The summed E-state index contributed by atoms with van der Waals surface area (Å²) >= 11 is 5.81. The summed E-state index contributed by atoms with van der Waals surface area (Å²) in [4.78, 5) is 7.63. The number of hydrogen-bond donors (Lipinski definition) is 2. The average molecular weight is 197 g/mol. The Morgan fingerprint density at radius 2 is 2.38 bits per heavy atom. The Morgan fingerprint density at radius 1 is 1.62 bits per heavy atom. The van der Waals surface area contributed by atoms with Crippen LogP contribution in [0.2, 0.25) is 5.02 Å². The minimum atomic E-state index is 0.264. The molecule has 13 heavy (non-hydrogen) atoms. The molecule has 1 aromatic heterocycles. The van der Waals surface area contributed by atoms with Gasteiger partial charge in [-0.25, -0.2) is 9.97 Å². The molecule has 1 rings (SSSR count). The highest BCUT2D eigenvalue weighted by atomic mass is 35.5. The van der Waals surface area contributed by atoms with Crippen molar-refractivity contribution in [2.24, 2.45) is 0 Å². The van der Waals surface area contributed by atoms with Gasteiger partial charge in [-0.05, 0) is 0 Å². The van der Waals surface area contributed by atoms with Crippen molar-refractivity contribution in [3.63, 3.8) is 0 Å². The van der Waals surface area contributed by atoms with Crippen molar-refractivity contribution in [3.8, 4) is 12.3 Å². The minimum absolute atomic E-state index is 0.264. The Kier molecular flexibility index (Phi) is 3.35. The standard InChI is InChI=1S/C8H9ClN4/c1-2-3-4-11-8-6(9)7(10)12-5-13-8/h1,5H,3-4H2,(H3,10,11,12,13). The largest absolute Gasteiger partial charge is 0.382 e. The third kappa shape index (κ3) is 2.49. The number of anilines is 2. The van der Waals surface area contributed by atoms with Gasteiger partial charge in [0.15, 0.2) is 0 Å². The third-order valence-corrected chi connectivity index (χ3v) is 1.75. The van der Waals surface area contributed by atoms with Crippen molar-refractivity contribution in [1.29, 1.82) is 0 Å². The van der Waals surface area contributed by atoms with Crippen LogP contribution in [0.4, 0.5) is 11.6 Å². The van der Waals surface area contributed by atoms with Crippen LogP contribution in [0.25, 0.3) is 0 Å². The first-order valence-corrected chi connectivity index (χ1v) is 4.07. The fraction of sp³-hybridized carbons (Fsp3) is 0.250. The van der Waals surface area contributed by atoms with E-state index in [0.29, 0.717) is 23.8 Å². The zero-order valence-corrected chi connectivity index (χ0v) is 7.67. The number of aromatic nitrogens is 2. The number of rotatable bonds is 3. The quantitative estimate of drug-likeness (QED) is 0.562. The minimum Gasteiger partial charge on any atom is -0.382 e. The van der Waals surface area contributed by atoms with Gasteiger partial charge < -0.3 is 11.1 Å². The first-order chi connectivity index (χ1) is 6.25. The molecule has 3 N–H and O–H groups in total. The van der Waals surface area contributed by atoms with Crippen molar-refractivity contribution < 1.29 is 0 Å². The molecule has 0 saturated carbocycles. The zero-order valence-electron chi connectivity index (χ0n) is 6.92. The van der Waals surface area contributed by atoms with Gasteiger partial charge in [0.2, 0.25) is 0 Å². The molecule has 0 bridgehead atoms. The van der Waals surface area contributed by atoms with Crippen LogP contribution in [0.15, 0.2) is 6.33 Å². The lowest BCUT2D eigenvalue weighted by atomic mass is 10.4. The second-order valence-corrected chi connectivity index (χ2v) is 2.68. The summed E-state index contributed by atoms with van der Waals surface area (Å²) in [6.45, 7) is 0.618. The second kappa shape index (κ2) is 4.53. The molecule has 0 radical (unpaired) electrons. The van der Waals surface area contributed by atoms with Gasteiger partial charge in [0.25, 0.3) is 0 Å². The molecule has 0 aromatic carbocycles. The van der Waals surface area contributed by atoms with E-state index in [1.165, 1.54) is 6.33 Å². The highest BCUT2D eigenvalue weighted by molar-refractivity contribution is 6.35. The summed E-state index contributed by atoms with van der Waals surface area (Å²) in [5.74, 6) is 3.27. The van der Waals surface area contributed by atoms with Crippen molar-refractivity contribution >= 4 is 23.2 Å². The highest BCUT2D eigenvalue weighted by Gasteiger charge is 2.04. The second-order valence-electron chi connectivity index (χ2n) is 2.30. The van der Waals surface area contributed by atoms with E-state index >= 15 is 0 Å². The number of nitrogens with zero attached hydrogens (tertiary/aromatic N) is 2. The van der Waals surface area contributed by atoms with Gasteiger partial charge in [0, 0.05) is 13.0 Å². The molecule has 0 aliphatic heterocycles. The van der Waals surface area contributed by atoms with Gasteiger partial charge in [-0.15, -0.1) is 12.3 Å². The summed E-state index contributed by atoms with van der Waals surface area (Å²) in [5.41, 5.74) is 5.46. The molecule has 0 unspecified atom stereocenters. The van der Waals surface area contributed by atoms with E-state index in [-0.39, 0.29) is 5.82 Å². The monoisotopic (exact) mass is 196 g/mol. The van der Waals surface area contributed by atoms with Crippen LogP contribution in [0, 0.1) is 12.3 Å². The summed E-state index contributed by atoms with van der Waals surface area (Å²) in [6.07, 6.45) is 7.04. The SMILES string of the molecule is C#CCCNc1ncnc(N)c1Cl. The van der Waals surface area contributed by atoms with Crippen molar-refractivity contribution in [1.82, 2.24) is 9.97 Å². The van der Waals surface area contributed by atoms with Crippen LogP contribution in [-0.2, 0) is 0 Å². The molecular weight excluding hydrogens is 188 g/mol. The van der Waals surface area contributed by atoms with Crippen LogP contribution in [0.5, 0.6) is 0 Å². The molecule has 0 amide bonds. The van der Waals surface area contributed by atoms with E-state index in [9.17, 15) is 0 Å². The molecule has 0 fully saturated rings. The Hall–Kier alpha value is -1.47.